The minimum Gasteiger partial charge on any atom is -0.462 e. The van der Waals surface area contributed by atoms with Crippen molar-refractivity contribution in [1.82, 2.24) is 0 Å². The van der Waals surface area contributed by atoms with Gasteiger partial charge in [0.15, 0.2) is 6.10 Å². The number of hydrogen-bond acceptors (Lipinski definition) is 6. The third kappa shape index (κ3) is 60.0. The lowest BCUT2D eigenvalue weighted by atomic mass is 10.0. The van der Waals surface area contributed by atoms with Crippen molar-refractivity contribution in [2.75, 3.05) is 13.2 Å². The van der Waals surface area contributed by atoms with E-state index in [-0.39, 0.29) is 31.1 Å². The number of unbranched alkanes of at least 4 members (excludes halogenated alkanes) is 38. The molecule has 0 spiro atoms. The quantitative estimate of drug-likeness (QED) is 0.0261. The molecule has 0 aromatic rings. The third-order valence-electron chi connectivity index (χ3n) is 14.2. The smallest absolute Gasteiger partial charge is 0.306 e. The zero-order valence-corrected chi connectivity index (χ0v) is 49.4. The monoisotopic (exact) mass is 1030 g/mol. The van der Waals surface area contributed by atoms with E-state index in [4.69, 9.17) is 14.2 Å². The molecule has 0 aromatic carbocycles. The molecule has 0 fully saturated rings. The van der Waals surface area contributed by atoms with Gasteiger partial charge in [0.2, 0.25) is 0 Å². The standard InChI is InChI=1S/C68H122O6/c1-4-7-10-13-16-19-22-25-27-29-31-33-35-36-38-40-43-46-49-52-55-58-61-67(70)73-64-65(63-72-66(69)60-57-54-51-48-45-42-24-21-18-15-12-9-6-3)74-68(71)62-59-56-53-50-47-44-41-39-37-34-32-30-28-26-23-20-17-14-11-8-5-2/h12,15,21,23-24,26,30,32,37,39,65H,4-11,13-14,16-20,22,25,27-29,31,33-36,38,40-64H2,1-3H3/b15-12-,24-21-,26-23-,32-30-,39-37-. The van der Waals surface area contributed by atoms with Crippen LogP contribution in [0.25, 0.3) is 0 Å². The molecule has 1 unspecified atom stereocenters. The number of ether oxygens (including phenoxy) is 3. The molecular weight excluding hydrogens is 913 g/mol. The molecule has 0 saturated carbocycles. The fraction of sp³-hybridized carbons (Fsp3) is 0.809. The van der Waals surface area contributed by atoms with E-state index < -0.39 is 6.10 Å². The summed E-state index contributed by atoms with van der Waals surface area (Å²) in [5.41, 5.74) is 0. The van der Waals surface area contributed by atoms with Crippen molar-refractivity contribution in [2.45, 2.75) is 341 Å². The first-order valence-corrected chi connectivity index (χ1v) is 32.3. The molecule has 0 N–H and O–H groups in total. The van der Waals surface area contributed by atoms with Crippen molar-refractivity contribution in [1.29, 1.82) is 0 Å². The molecule has 0 amide bonds. The van der Waals surface area contributed by atoms with Gasteiger partial charge in [-0.05, 0) is 83.5 Å². The van der Waals surface area contributed by atoms with E-state index in [2.05, 4.69) is 81.5 Å². The predicted octanol–water partition coefficient (Wildman–Crippen LogP) is 21.9. The van der Waals surface area contributed by atoms with Gasteiger partial charge in [0.1, 0.15) is 13.2 Å². The summed E-state index contributed by atoms with van der Waals surface area (Å²) in [6.45, 7) is 6.59. The van der Waals surface area contributed by atoms with Gasteiger partial charge in [-0.2, -0.15) is 0 Å². The summed E-state index contributed by atoms with van der Waals surface area (Å²) in [5.74, 6) is -0.891. The van der Waals surface area contributed by atoms with Gasteiger partial charge < -0.3 is 14.2 Å². The van der Waals surface area contributed by atoms with Crippen LogP contribution < -0.4 is 0 Å². The topological polar surface area (TPSA) is 78.9 Å². The number of esters is 3. The van der Waals surface area contributed by atoms with Crippen LogP contribution >= 0.6 is 0 Å². The average Bonchev–Trinajstić information content (AvgIpc) is 3.40. The maximum atomic E-state index is 12.9. The van der Waals surface area contributed by atoms with Crippen LogP contribution in [0.3, 0.4) is 0 Å². The zero-order valence-electron chi connectivity index (χ0n) is 49.4. The van der Waals surface area contributed by atoms with Gasteiger partial charge in [0.05, 0.1) is 0 Å². The number of rotatable bonds is 59. The zero-order chi connectivity index (χ0) is 53.6. The van der Waals surface area contributed by atoms with Crippen LogP contribution in [0.2, 0.25) is 0 Å². The van der Waals surface area contributed by atoms with Gasteiger partial charge in [-0.15, -0.1) is 0 Å². The number of allylic oxidation sites excluding steroid dienone is 10. The van der Waals surface area contributed by atoms with E-state index in [1.165, 1.54) is 186 Å². The Morgan fingerprint density at radius 3 is 0.811 bits per heavy atom. The summed E-state index contributed by atoms with van der Waals surface area (Å²) in [7, 11) is 0. The first-order valence-electron chi connectivity index (χ1n) is 32.3. The Morgan fingerprint density at radius 2 is 0.514 bits per heavy atom. The number of carbonyl (C=O) groups excluding carboxylic acids is 3. The Kier molecular flexibility index (Phi) is 60.2. The molecule has 0 saturated heterocycles. The molecule has 6 heteroatoms. The van der Waals surface area contributed by atoms with Crippen LogP contribution in [0.4, 0.5) is 0 Å². The van der Waals surface area contributed by atoms with Crippen LogP contribution in [0.1, 0.15) is 335 Å². The van der Waals surface area contributed by atoms with Gasteiger partial charge in [-0.1, -0.05) is 293 Å². The van der Waals surface area contributed by atoms with E-state index in [1.54, 1.807) is 0 Å². The minimum atomic E-state index is -0.787. The Bertz CT molecular complexity index is 1330. The maximum absolute atomic E-state index is 12.9. The molecule has 0 bridgehead atoms. The van der Waals surface area contributed by atoms with Crippen LogP contribution in [0.15, 0.2) is 60.8 Å². The van der Waals surface area contributed by atoms with E-state index in [0.717, 1.165) is 109 Å². The van der Waals surface area contributed by atoms with Crippen LogP contribution in [-0.4, -0.2) is 37.2 Å². The minimum absolute atomic E-state index is 0.0813. The fourth-order valence-electron chi connectivity index (χ4n) is 9.37. The summed E-state index contributed by atoms with van der Waals surface area (Å²) in [4.78, 5) is 38.3. The van der Waals surface area contributed by atoms with Gasteiger partial charge in [-0.3, -0.25) is 14.4 Å². The summed E-state index contributed by atoms with van der Waals surface area (Å²) >= 11 is 0. The summed E-state index contributed by atoms with van der Waals surface area (Å²) in [6, 6.07) is 0. The Labute approximate surface area is 460 Å². The largest absolute Gasteiger partial charge is 0.462 e. The van der Waals surface area contributed by atoms with Gasteiger partial charge in [-0.25, -0.2) is 0 Å². The molecule has 430 valence electrons. The van der Waals surface area contributed by atoms with E-state index in [1.807, 2.05) is 0 Å². The lowest BCUT2D eigenvalue weighted by molar-refractivity contribution is -0.167. The molecule has 0 heterocycles. The molecule has 0 radical (unpaired) electrons. The highest BCUT2D eigenvalue weighted by atomic mass is 16.6. The van der Waals surface area contributed by atoms with Gasteiger partial charge in [0.25, 0.3) is 0 Å². The van der Waals surface area contributed by atoms with Crippen LogP contribution in [-0.2, 0) is 28.6 Å². The lowest BCUT2D eigenvalue weighted by Gasteiger charge is -2.18. The lowest BCUT2D eigenvalue weighted by Crippen LogP contribution is -2.30. The molecule has 0 rings (SSSR count). The Hall–Kier alpha value is -2.89. The first-order chi connectivity index (χ1) is 36.5. The summed E-state index contributed by atoms with van der Waals surface area (Å²) in [5, 5.41) is 0. The highest BCUT2D eigenvalue weighted by molar-refractivity contribution is 5.71. The van der Waals surface area contributed by atoms with E-state index in [9.17, 15) is 14.4 Å². The van der Waals surface area contributed by atoms with Crippen molar-refractivity contribution < 1.29 is 28.6 Å². The van der Waals surface area contributed by atoms with Crippen LogP contribution in [0, 0.1) is 0 Å². The number of hydrogen-bond donors (Lipinski definition) is 0. The second kappa shape index (κ2) is 62.6. The Balaban J connectivity index is 4.33. The van der Waals surface area contributed by atoms with Crippen molar-refractivity contribution in [3.63, 3.8) is 0 Å². The second-order valence-corrected chi connectivity index (χ2v) is 21.7. The fourth-order valence-corrected chi connectivity index (χ4v) is 9.37. The molecule has 0 aliphatic carbocycles. The highest BCUT2D eigenvalue weighted by Crippen LogP contribution is 2.17. The first kappa shape index (κ1) is 71.1. The maximum Gasteiger partial charge on any atom is 0.306 e. The molecule has 1 atom stereocenters. The summed E-state index contributed by atoms with van der Waals surface area (Å²) < 4.78 is 16.9. The van der Waals surface area contributed by atoms with Crippen molar-refractivity contribution in [3.8, 4) is 0 Å². The molecule has 0 aliphatic heterocycles. The third-order valence-corrected chi connectivity index (χ3v) is 14.2. The van der Waals surface area contributed by atoms with Crippen LogP contribution in [0.5, 0.6) is 0 Å². The van der Waals surface area contributed by atoms with E-state index in [0.29, 0.717) is 19.3 Å². The van der Waals surface area contributed by atoms with Crippen molar-refractivity contribution in [3.05, 3.63) is 60.8 Å². The molecule has 6 nitrogen and oxygen atoms in total. The number of carbonyl (C=O) groups is 3. The van der Waals surface area contributed by atoms with Gasteiger partial charge >= 0.3 is 17.9 Å². The molecule has 0 aromatic heterocycles. The molecule has 0 aliphatic rings. The highest BCUT2D eigenvalue weighted by Gasteiger charge is 2.19. The van der Waals surface area contributed by atoms with Gasteiger partial charge in [0, 0.05) is 19.3 Å². The molecular formula is C68H122O6. The van der Waals surface area contributed by atoms with Crippen molar-refractivity contribution >= 4 is 17.9 Å². The average molecular weight is 1040 g/mol. The van der Waals surface area contributed by atoms with Crippen molar-refractivity contribution in [2.24, 2.45) is 0 Å². The Morgan fingerprint density at radius 1 is 0.270 bits per heavy atom. The second-order valence-electron chi connectivity index (χ2n) is 21.7. The van der Waals surface area contributed by atoms with E-state index >= 15 is 0 Å². The predicted molar refractivity (Wildman–Crippen MR) is 321 cm³/mol. The molecule has 74 heavy (non-hydrogen) atoms. The summed E-state index contributed by atoms with van der Waals surface area (Å²) in [6.07, 6.45) is 79.4. The SMILES string of the molecule is CCC/C=C\C/C=C\CCCCCCCC(=O)OCC(COC(=O)CCCCCCCCCCCCCCCCCCCCCCCC)OC(=O)CCCCCCCC/C=C\C/C=C\C/C=C\CCCCCCC. The normalized spacial score (nSPS) is 12.4.